The van der Waals surface area contributed by atoms with Crippen LogP contribution < -0.4 is 10.1 Å². The molecule has 0 saturated carbocycles. The van der Waals surface area contributed by atoms with Gasteiger partial charge in [0.2, 0.25) is 5.91 Å². The molecule has 134 valence electrons. The van der Waals surface area contributed by atoms with Crippen molar-refractivity contribution in [3.8, 4) is 5.75 Å². The van der Waals surface area contributed by atoms with Gasteiger partial charge < -0.3 is 14.8 Å². The van der Waals surface area contributed by atoms with Gasteiger partial charge in [-0.15, -0.1) is 0 Å². The van der Waals surface area contributed by atoms with E-state index in [-0.39, 0.29) is 5.91 Å². The summed E-state index contributed by atoms with van der Waals surface area (Å²) < 4.78 is 10.1. The summed E-state index contributed by atoms with van der Waals surface area (Å²) in [7, 11) is 0. The first-order chi connectivity index (χ1) is 11.6. The lowest BCUT2D eigenvalue weighted by Crippen LogP contribution is -2.11. The molecule has 0 aliphatic heterocycles. The van der Waals surface area contributed by atoms with Gasteiger partial charge in [-0.1, -0.05) is 51.9 Å². The minimum atomic E-state index is -0.690. The fourth-order valence-electron chi connectivity index (χ4n) is 2.33. The van der Waals surface area contributed by atoms with Crippen LogP contribution in [0.1, 0.15) is 65.2 Å². The highest BCUT2D eigenvalue weighted by molar-refractivity contribution is 5.88. The van der Waals surface area contributed by atoms with Crippen LogP contribution in [0.2, 0.25) is 0 Å². The second-order valence-corrected chi connectivity index (χ2v) is 5.88. The van der Waals surface area contributed by atoms with E-state index >= 15 is 0 Å². The predicted molar refractivity (Wildman–Crippen MR) is 95.3 cm³/mol. The third kappa shape index (κ3) is 9.87. The first-order valence-electron chi connectivity index (χ1n) is 8.84. The number of amides is 1. The Labute approximate surface area is 144 Å². The first-order valence-corrected chi connectivity index (χ1v) is 8.84. The van der Waals surface area contributed by atoms with Crippen LogP contribution in [0.15, 0.2) is 24.3 Å². The van der Waals surface area contributed by atoms with E-state index in [2.05, 4.69) is 12.2 Å². The summed E-state index contributed by atoms with van der Waals surface area (Å²) in [6, 6.07) is 6.57. The molecule has 0 unspecified atom stereocenters. The van der Waals surface area contributed by atoms with Crippen molar-refractivity contribution in [2.75, 3.05) is 11.9 Å². The normalized spacial score (nSPS) is 10.2. The Hall–Kier alpha value is -2.04. The number of carbonyl (C=O) groups is 2. The molecule has 24 heavy (non-hydrogen) atoms. The van der Waals surface area contributed by atoms with E-state index < -0.39 is 6.16 Å². The molecule has 1 amide bonds. The van der Waals surface area contributed by atoms with E-state index in [1.54, 1.807) is 24.3 Å². The molecule has 1 N–H and O–H groups in total. The van der Waals surface area contributed by atoms with E-state index in [0.717, 1.165) is 12.8 Å². The van der Waals surface area contributed by atoms with E-state index in [4.69, 9.17) is 9.47 Å². The number of benzene rings is 1. The smallest absolute Gasteiger partial charge is 0.434 e. The van der Waals surface area contributed by atoms with Crippen LogP contribution >= 0.6 is 0 Å². The Morgan fingerprint density at radius 2 is 1.50 bits per heavy atom. The molecule has 0 radical (unpaired) electrons. The van der Waals surface area contributed by atoms with Gasteiger partial charge in [0.15, 0.2) is 0 Å². The molecule has 0 aliphatic carbocycles. The number of rotatable bonds is 11. The molecule has 5 heteroatoms. The fourth-order valence-corrected chi connectivity index (χ4v) is 2.33. The van der Waals surface area contributed by atoms with Crippen molar-refractivity contribution in [1.82, 2.24) is 0 Å². The number of carbonyl (C=O) groups excluding carboxylic acids is 2. The van der Waals surface area contributed by atoms with Crippen molar-refractivity contribution in [3.63, 3.8) is 0 Å². The Kier molecular flexibility index (Phi) is 10.3. The first kappa shape index (κ1) is 20.0. The Morgan fingerprint density at radius 1 is 0.917 bits per heavy atom. The zero-order chi connectivity index (χ0) is 17.6. The number of hydrogen-bond donors (Lipinski definition) is 1. The predicted octanol–water partition coefficient (Wildman–Crippen LogP) is 5.30. The highest BCUT2D eigenvalue weighted by Crippen LogP contribution is 2.16. The summed E-state index contributed by atoms with van der Waals surface area (Å²) in [5, 5.41) is 2.64. The van der Waals surface area contributed by atoms with Gasteiger partial charge in [-0.2, -0.15) is 0 Å². The van der Waals surface area contributed by atoms with Crippen molar-refractivity contribution in [1.29, 1.82) is 0 Å². The van der Waals surface area contributed by atoms with Crippen LogP contribution in [0.3, 0.4) is 0 Å². The summed E-state index contributed by atoms with van der Waals surface area (Å²) in [4.78, 5) is 22.5. The molecule has 1 rings (SSSR count). The lowest BCUT2D eigenvalue weighted by Gasteiger charge is -2.07. The number of nitrogens with one attached hydrogen (secondary N) is 1. The molecule has 1 aromatic carbocycles. The molecule has 0 bridgehead atoms. The SMILES string of the molecule is CCCCCCCCCCOC(=O)Oc1ccc(NC(C)=O)cc1. The number of hydrogen-bond acceptors (Lipinski definition) is 4. The lowest BCUT2D eigenvalue weighted by atomic mass is 10.1. The Morgan fingerprint density at radius 3 is 2.08 bits per heavy atom. The van der Waals surface area contributed by atoms with E-state index in [1.807, 2.05) is 0 Å². The Bertz CT molecular complexity index is 485. The summed E-state index contributed by atoms with van der Waals surface area (Å²) in [6.45, 7) is 4.04. The lowest BCUT2D eigenvalue weighted by molar-refractivity contribution is -0.114. The fraction of sp³-hybridized carbons (Fsp3) is 0.579. The van der Waals surface area contributed by atoms with Crippen molar-refractivity contribution < 1.29 is 19.1 Å². The van der Waals surface area contributed by atoms with Gasteiger partial charge in [0.05, 0.1) is 6.61 Å². The highest BCUT2D eigenvalue weighted by atomic mass is 16.7. The molecule has 0 atom stereocenters. The zero-order valence-electron chi connectivity index (χ0n) is 14.8. The maximum absolute atomic E-state index is 11.6. The summed E-state index contributed by atoms with van der Waals surface area (Å²) in [5.41, 5.74) is 0.655. The molecule has 0 spiro atoms. The maximum atomic E-state index is 11.6. The third-order valence-corrected chi connectivity index (χ3v) is 3.59. The molecule has 1 aromatic rings. The molecule has 5 nitrogen and oxygen atoms in total. The van der Waals surface area contributed by atoms with Crippen LogP contribution in [0.5, 0.6) is 5.75 Å². The van der Waals surface area contributed by atoms with Crippen molar-refractivity contribution >= 4 is 17.7 Å². The van der Waals surface area contributed by atoms with Crippen LogP contribution in [0.25, 0.3) is 0 Å². The molecule has 0 aromatic heterocycles. The average molecular weight is 335 g/mol. The molecule has 0 aliphatic rings. The molecule has 0 fully saturated rings. The topological polar surface area (TPSA) is 64.6 Å². The van der Waals surface area contributed by atoms with Gasteiger partial charge in [-0.05, 0) is 30.7 Å². The van der Waals surface area contributed by atoms with Crippen LogP contribution in [-0.4, -0.2) is 18.7 Å². The van der Waals surface area contributed by atoms with Crippen molar-refractivity contribution in [2.24, 2.45) is 0 Å². The maximum Gasteiger partial charge on any atom is 0.513 e. The monoisotopic (exact) mass is 335 g/mol. The van der Waals surface area contributed by atoms with E-state index in [9.17, 15) is 9.59 Å². The minimum Gasteiger partial charge on any atom is -0.434 e. The second kappa shape index (κ2) is 12.4. The largest absolute Gasteiger partial charge is 0.513 e. The number of unbranched alkanes of at least 4 members (excludes halogenated alkanes) is 7. The minimum absolute atomic E-state index is 0.145. The second-order valence-electron chi connectivity index (χ2n) is 5.88. The van der Waals surface area contributed by atoms with Crippen molar-refractivity contribution in [3.05, 3.63) is 24.3 Å². The number of ether oxygens (including phenoxy) is 2. The van der Waals surface area contributed by atoms with Gasteiger partial charge in [0, 0.05) is 12.6 Å². The molecular formula is C19H29NO4. The summed E-state index contributed by atoms with van der Waals surface area (Å²) >= 11 is 0. The van der Waals surface area contributed by atoms with Gasteiger partial charge in [-0.25, -0.2) is 4.79 Å². The van der Waals surface area contributed by atoms with E-state index in [1.165, 1.54) is 45.4 Å². The van der Waals surface area contributed by atoms with Crippen LogP contribution in [0, 0.1) is 0 Å². The van der Waals surface area contributed by atoms with E-state index in [0.29, 0.717) is 18.0 Å². The summed E-state index contributed by atoms with van der Waals surface area (Å²) in [6.07, 6.45) is 8.90. The van der Waals surface area contributed by atoms with Crippen molar-refractivity contribution in [2.45, 2.75) is 65.2 Å². The average Bonchev–Trinajstić information content (AvgIpc) is 2.55. The van der Waals surface area contributed by atoms with Gasteiger partial charge in [-0.3, -0.25) is 4.79 Å². The molecule has 0 heterocycles. The third-order valence-electron chi connectivity index (χ3n) is 3.59. The summed E-state index contributed by atoms with van der Waals surface area (Å²) in [5.74, 6) is 0.249. The Balaban J connectivity index is 2.08. The van der Waals surface area contributed by atoms with Gasteiger partial charge in [0.1, 0.15) is 5.75 Å². The van der Waals surface area contributed by atoms with Crippen LogP contribution in [-0.2, 0) is 9.53 Å². The highest BCUT2D eigenvalue weighted by Gasteiger charge is 2.06. The molecular weight excluding hydrogens is 306 g/mol. The molecule has 0 saturated heterocycles. The zero-order valence-corrected chi connectivity index (χ0v) is 14.8. The quantitative estimate of drug-likeness (QED) is 0.338. The standard InChI is InChI=1S/C19H29NO4/c1-3-4-5-6-7-8-9-10-15-23-19(22)24-18-13-11-17(12-14-18)20-16(2)21/h11-14H,3-10,15H2,1-2H3,(H,20,21). The number of anilines is 1. The van der Waals surface area contributed by atoms with Gasteiger partial charge in [0.25, 0.3) is 0 Å². The van der Waals surface area contributed by atoms with Gasteiger partial charge >= 0.3 is 6.16 Å². The van der Waals surface area contributed by atoms with Crippen LogP contribution in [0.4, 0.5) is 10.5 Å².